The van der Waals surface area contributed by atoms with Crippen molar-refractivity contribution >= 4 is 38.2 Å². The highest BCUT2D eigenvalue weighted by molar-refractivity contribution is 7.91. The number of hydrogen-bond acceptors (Lipinski definition) is 7. The second kappa shape index (κ2) is 8.75. The summed E-state index contributed by atoms with van der Waals surface area (Å²) in [6.07, 6.45) is 1.68. The van der Waals surface area contributed by atoms with Gasteiger partial charge in [-0.05, 0) is 31.2 Å². The molecule has 0 aliphatic carbocycles. The van der Waals surface area contributed by atoms with Crippen molar-refractivity contribution < 1.29 is 13.2 Å². The Labute approximate surface area is 199 Å². The van der Waals surface area contributed by atoms with Crippen molar-refractivity contribution in [1.29, 1.82) is 0 Å². The number of carbonyl (C=O) groups is 1. The number of carbonyl (C=O) groups excluding carboxylic acids is 1. The van der Waals surface area contributed by atoms with Gasteiger partial charge in [0.15, 0.2) is 4.21 Å². The first-order valence-electron chi connectivity index (χ1n) is 10.6. The Hall–Kier alpha value is -3.41. The van der Waals surface area contributed by atoms with Gasteiger partial charge in [0.2, 0.25) is 0 Å². The maximum absolute atomic E-state index is 13.5. The number of thiazole rings is 1. The zero-order chi connectivity index (χ0) is 23.9. The zero-order valence-corrected chi connectivity index (χ0v) is 19.9. The number of piperazine rings is 1. The molecule has 0 atom stereocenters. The van der Waals surface area contributed by atoms with Gasteiger partial charge in [0.05, 0.1) is 22.5 Å². The lowest BCUT2D eigenvalue weighted by Crippen LogP contribution is -2.50. The molecule has 4 heterocycles. The number of pyridine rings is 2. The van der Waals surface area contributed by atoms with E-state index in [0.29, 0.717) is 39.5 Å². The molecule has 1 saturated heterocycles. The predicted molar refractivity (Wildman–Crippen MR) is 129 cm³/mol. The van der Waals surface area contributed by atoms with Crippen LogP contribution in [0.4, 0.5) is 0 Å². The second-order valence-electron chi connectivity index (χ2n) is 7.91. The molecule has 11 heteroatoms. The minimum absolute atomic E-state index is 0.0254. The average molecular weight is 496 g/mol. The van der Waals surface area contributed by atoms with Crippen LogP contribution in [0, 0.1) is 6.92 Å². The first-order valence-corrected chi connectivity index (χ1v) is 12.9. The predicted octanol–water partition coefficient (Wildman–Crippen LogP) is 2.50. The van der Waals surface area contributed by atoms with Crippen molar-refractivity contribution in [1.82, 2.24) is 24.2 Å². The number of aryl methyl sites for hydroxylation is 1. The Balaban J connectivity index is 1.42. The van der Waals surface area contributed by atoms with Crippen molar-refractivity contribution in [3.63, 3.8) is 0 Å². The van der Waals surface area contributed by atoms with Gasteiger partial charge >= 0.3 is 4.87 Å². The van der Waals surface area contributed by atoms with E-state index >= 15 is 0 Å². The third kappa shape index (κ3) is 4.02. The van der Waals surface area contributed by atoms with E-state index in [1.54, 1.807) is 24.1 Å². The molecule has 0 saturated carbocycles. The Kier molecular flexibility index (Phi) is 5.76. The van der Waals surface area contributed by atoms with Gasteiger partial charge in [-0.25, -0.2) is 13.4 Å². The number of nitrogens with zero attached hydrogens (tertiary/aromatic N) is 4. The fourth-order valence-electron chi connectivity index (χ4n) is 4.05. The van der Waals surface area contributed by atoms with Crippen LogP contribution in [0.2, 0.25) is 0 Å². The molecule has 174 valence electrons. The summed E-state index contributed by atoms with van der Waals surface area (Å²) in [6, 6.07) is 14.7. The van der Waals surface area contributed by atoms with Crippen molar-refractivity contribution in [2.24, 2.45) is 0 Å². The number of benzene rings is 1. The SMILES string of the molecule is Cc1[nH]c(=O)sc1S(=O)(=O)N1CCN(C(=O)c2cc(-c3ccccn3)nc3ccccc23)CC1. The van der Waals surface area contributed by atoms with E-state index in [4.69, 9.17) is 0 Å². The summed E-state index contributed by atoms with van der Waals surface area (Å²) >= 11 is 0.686. The Bertz CT molecular complexity index is 1540. The number of fused-ring (bicyclic) bond motifs is 1. The van der Waals surface area contributed by atoms with Crippen LogP contribution in [0.1, 0.15) is 16.1 Å². The Morgan fingerprint density at radius 3 is 2.44 bits per heavy atom. The maximum atomic E-state index is 13.5. The largest absolute Gasteiger partial charge is 0.336 e. The molecule has 34 heavy (non-hydrogen) atoms. The van der Waals surface area contributed by atoms with Crippen LogP contribution in [0.15, 0.2) is 63.7 Å². The van der Waals surface area contributed by atoms with E-state index in [1.165, 1.54) is 4.31 Å². The van der Waals surface area contributed by atoms with Gasteiger partial charge in [-0.2, -0.15) is 4.31 Å². The Morgan fingerprint density at radius 1 is 1.03 bits per heavy atom. The molecule has 0 unspecified atom stereocenters. The summed E-state index contributed by atoms with van der Waals surface area (Å²) in [4.78, 5) is 37.9. The number of rotatable bonds is 4. The summed E-state index contributed by atoms with van der Waals surface area (Å²) in [5.74, 6) is -0.185. The minimum atomic E-state index is -3.80. The lowest BCUT2D eigenvalue weighted by molar-refractivity contribution is 0.0700. The number of aromatic amines is 1. The number of sulfonamides is 1. The normalized spacial score (nSPS) is 15.0. The molecule has 1 fully saturated rings. The van der Waals surface area contributed by atoms with E-state index in [1.807, 2.05) is 42.5 Å². The van der Waals surface area contributed by atoms with E-state index in [2.05, 4.69) is 15.0 Å². The number of aromatic nitrogens is 3. The molecule has 1 aliphatic rings. The Morgan fingerprint density at radius 2 is 1.76 bits per heavy atom. The van der Waals surface area contributed by atoms with Crippen LogP contribution < -0.4 is 4.87 Å². The molecule has 1 aliphatic heterocycles. The fraction of sp³-hybridized carbons (Fsp3) is 0.217. The molecule has 1 aromatic carbocycles. The van der Waals surface area contributed by atoms with Gasteiger partial charge in [0.25, 0.3) is 15.9 Å². The molecular formula is C23H21N5O4S2. The van der Waals surface area contributed by atoms with Gasteiger partial charge < -0.3 is 9.88 Å². The molecule has 0 bridgehead atoms. The van der Waals surface area contributed by atoms with Crippen molar-refractivity contribution in [3.8, 4) is 11.4 Å². The molecule has 1 N–H and O–H groups in total. The monoisotopic (exact) mass is 495 g/mol. The molecule has 3 aromatic heterocycles. The van der Waals surface area contributed by atoms with Gasteiger partial charge in [0, 0.05) is 43.5 Å². The highest BCUT2D eigenvalue weighted by Crippen LogP contribution is 2.26. The molecule has 4 aromatic rings. The molecular weight excluding hydrogens is 474 g/mol. The summed E-state index contributed by atoms with van der Waals surface area (Å²) in [6.45, 7) is 2.35. The molecule has 1 amide bonds. The molecule has 0 spiro atoms. The van der Waals surface area contributed by atoms with Gasteiger partial charge in [-0.15, -0.1) is 0 Å². The lowest BCUT2D eigenvalue weighted by atomic mass is 10.0. The third-order valence-corrected chi connectivity index (χ3v) is 9.24. The van der Waals surface area contributed by atoms with Gasteiger partial charge in [-0.1, -0.05) is 35.6 Å². The summed E-state index contributed by atoms with van der Waals surface area (Å²) < 4.78 is 27.4. The molecule has 5 rings (SSSR count). The van der Waals surface area contributed by atoms with Crippen LogP contribution in [-0.2, 0) is 10.0 Å². The summed E-state index contributed by atoms with van der Waals surface area (Å²) in [7, 11) is -3.80. The third-order valence-electron chi connectivity index (χ3n) is 5.76. The van der Waals surface area contributed by atoms with Gasteiger partial charge in [-0.3, -0.25) is 14.6 Å². The summed E-state index contributed by atoms with van der Waals surface area (Å²) in [5.41, 5.74) is 2.79. The standard InChI is InChI=1S/C23H21N5O4S2/c1-15-22(33-23(30)25-15)34(31,32)28-12-10-27(11-13-28)21(29)17-14-20(19-8-4-5-9-24-19)26-18-7-3-2-6-16(17)18/h2-9,14H,10-13H2,1H3,(H,25,30). The topological polar surface area (TPSA) is 116 Å². The van der Waals surface area contributed by atoms with E-state index in [9.17, 15) is 18.0 Å². The number of hydrogen-bond donors (Lipinski definition) is 1. The second-order valence-corrected chi connectivity index (χ2v) is 11.0. The summed E-state index contributed by atoms with van der Waals surface area (Å²) in [5, 5.41) is 0.731. The first kappa shape index (κ1) is 22.4. The van der Waals surface area contributed by atoms with E-state index in [0.717, 1.165) is 5.39 Å². The minimum Gasteiger partial charge on any atom is -0.336 e. The van der Waals surface area contributed by atoms with Crippen LogP contribution in [0.3, 0.4) is 0 Å². The molecule has 0 radical (unpaired) electrons. The van der Waals surface area contributed by atoms with Crippen molar-refractivity contribution in [3.05, 3.63) is 75.7 Å². The number of nitrogens with one attached hydrogen (secondary N) is 1. The smallest absolute Gasteiger partial charge is 0.305 e. The highest BCUT2D eigenvalue weighted by atomic mass is 32.2. The van der Waals surface area contributed by atoms with Crippen molar-refractivity contribution in [2.45, 2.75) is 11.1 Å². The highest BCUT2D eigenvalue weighted by Gasteiger charge is 2.33. The zero-order valence-electron chi connectivity index (χ0n) is 18.3. The van der Waals surface area contributed by atoms with Crippen LogP contribution in [0.5, 0.6) is 0 Å². The number of para-hydroxylation sites is 1. The lowest BCUT2D eigenvalue weighted by Gasteiger charge is -2.34. The van der Waals surface area contributed by atoms with Crippen LogP contribution >= 0.6 is 11.3 Å². The molecule has 9 nitrogen and oxygen atoms in total. The van der Waals surface area contributed by atoms with Crippen LogP contribution in [-0.4, -0.2) is 64.7 Å². The van der Waals surface area contributed by atoms with E-state index < -0.39 is 14.9 Å². The van der Waals surface area contributed by atoms with E-state index in [-0.39, 0.29) is 36.3 Å². The number of amides is 1. The van der Waals surface area contributed by atoms with Crippen molar-refractivity contribution in [2.75, 3.05) is 26.2 Å². The van der Waals surface area contributed by atoms with Gasteiger partial charge in [0.1, 0.15) is 0 Å². The number of H-pyrrole nitrogens is 1. The maximum Gasteiger partial charge on any atom is 0.305 e. The fourth-order valence-corrected chi connectivity index (χ4v) is 6.91. The first-order chi connectivity index (χ1) is 16.3. The average Bonchev–Trinajstić information content (AvgIpc) is 3.22. The van der Waals surface area contributed by atoms with Crippen LogP contribution in [0.25, 0.3) is 22.3 Å². The quantitative estimate of drug-likeness (QED) is 0.465.